The van der Waals surface area contributed by atoms with Crippen molar-refractivity contribution in [3.63, 3.8) is 0 Å². The zero-order valence-electron chi connectivity index (χ0n) is 7.01. The number of rotatable bonds is 0. The van der Waals surface area contributed by atoms with E-state index in [4.69, 9.17) is 0 Å². The van der Waals surface area contributed by atoms with Crippen molar-refractivity contribution in [3.8, 4) is 0 Å². The number of hydrogen-bond donors (Lipinski definition) is 0. The molecule has 0 radical (unpaired) electrons. The van der Waals surface area contributed by atoms with E-state index in [9.17, 15) is 4.39 Å². The Morgan fingerprint density at radius 3 is 3.00 bits per heavy atom. The molecule has 1 aromatic carbocycles. The van der Waals surface area contributed by atoms with E-state index in [1.165, 1.54) is 6.07 Å². The van der Waals surface area contributed by atoms with Gasteiger partial charge in [0.2, 0.25) is 0 Å². The molecule has 0 bridgehead atoms. The van der Waals surface area contributed by atoms with Crippen LogP contribution in [0, 0.1) is 16.3 Å². The van der Waals surface area contributed by atoms with Crippen LogP contribution < -0.4 is 0 Å². The summed E-state index contributed by atoms with van der Waals surface area (Å²) in [4.78, 5) is 4.00. The number of benzene rings is 1. The van der Waals surface area contributed by atoms with E-state index < -0.39 is 0 Å². The Hall–Kier alpha value is -0.710. The fourth-order valence-electron chi connectivity index (χ4n) is 1.31. The van der Waals surface area contributed by atoms with E-state index in [0.29, 0.717) is 5.52 Å². The van der Waals surface area contributed by atoms with Gasteiger partial charge in [-0.2, -0.15) is 0 Å². The third kappa shape index (κ3) is 1.41. The Morgan fingerprint density at radius 2 is 2.23 bits per heavy atom. The Bertz CT molecular complexity index is 468. The van der Waals surface area contributed by atoms with Crippen molar-refractivity contribution in [3.05, 3.63) is 39.3 Å². The first-order valence-electron chi connectivity index (χ1n) is 3.89. The summed E-state index contributed by atoms with van der Waals surface area (Å²) in [5, 5.41) is 0.889. The molecule has 3 heteroatoms. The number of fused-ring (bicyclic) bond motifs is 1. The van der Waals surface area contributed by atoms with Crippen LogP contribution in [0.4, 0.5) is 4.39 Å². The van der Waals surface area contributed by atoms with Crippen molar-refractivity contribution in [1.82, 2.24) is 4.98 Å². The minimum absolute atomic E-state index is 0.242. The van der Waals surface area contributed by atoms with Crippen LogP contribution in [0.25, 0.3) is 10.9 Å². The van der Waals surface area contributed by atoms with Crippen LogP contribution in [-0.2, 0) is 0 Å². The van der Waals surface area contributed by atoms with Crippen LogP contribution in [-0.4, -0.2) is 4.98 Å². The highest BCUT2D eigenvalue weighted by molar-refractivity contribution is 14.1. The van der Waals surface area contributed by atoms with Gasteiger partial charge < -0.3 is 0 Å². The van der Waals surface area contributed by atoms with Crippen molar-refractivity contribution < 1.29 is 4.39 Å². The van der Waals surface area contributed by atoms with Crippen molar-refractivity contribution in [1.29, 1.82) is 0 Å². The summed E-state index contributed by atoms with van der Waals surface area (Å²) in [6.45, 7) is 1.90. The number of nitrogens with zero attached hydrogens (tertiary/aromatic N) is 1. The average Bonchev–Trinajstić information content (AvgIpc) is 2.15. The van der Waals surface area contributed by atoms with Crippen LogP contribution in [0.2, 0.25) is 0 Å². The van der Waals surface area contributed by atoms with E-state index in [-0.39, 0.29) is 5.82 Å². The fourth-order valence-corrected chi connectivity index (χ4v) is 1.90. The number of halogens is 2. The summed E-state index contributed by atoms with van der Waals surface area (Å²) in [5.74, 6) is -0.242. The molecule has 0 spiro atoms. The second-order valence-corrected chi connectivity index (χ2v) is 3.97. The van der Waals surface area contributed by atoms with Gasteiger partial charge in [0.15, 0.2) is 0 Å². The molecule has 2 aromatic rings. The minimum Gasteiger partial charge on any atom is -0.253 e. The topological polar surface area (TPSA) is 12.9 Å². The lowest BCUT2D eigenvalue weighted by atomic mass is 10.1. The highest BCUT2D eigenvalue weighted by Gasteiger charge is 2.07. The average molecular weight is 287 g/mol. The molecule has 1 aromatic heterocycles. The lowest BCUT2D eigenvalue weighted by Crippen LogP contribution is -1.90. The van der Waals surface area contributed by atoms with Crippen LogP contribution in [0.1, 0.15) is 5.56 Å². The predicted molar refractivity (Wildman–Crippen MR) is 59.2 cm³/mol. The van der Waals surface area contributed by atoms with Crippen LogP contribution >= 0.6 is 22.6 Å². The molecular weight excluding hydrogens is 280 g/mol. The maximum atomic E-state index is 13.4. The molecule has 0 unspecified atom stereocenters. The summed E-state index contributed by atoms with van der Waals surface area (Å²) >= 11 is 2.21. The van der Waals surface area contributed by atoms with Gasteiger partial charge in [-0.1, -0.05) is 6.07 Å². The monoisotopic (exact) mass is 287 g/mol. The number of aryl methyl sites for hydroxylation is 1. The SMILES string of the molecule is Cc1cc(F)c2ncccc2c1I. The minimum atomic E-state index is -0.242. The predicted octanol–water partition coefficient (Wildman–Crippen LogP) is 3.29. The zero-order chi connectivity index (χ0) is 9.42. The van der Waals surface area contributed by atoms with Gasteiger partial charge in [-0.05, 0) is 47.2 Å². The first-order valence-corrected chi connectivity index (χ1v) is 4.97. The van der Waals surface area contributed by atoms with Crippen molar-refractivity contribution in [2.75, 3.05) is 0 Å². The molecule has 0 N–H and O–H groups in total. The molecule has 0 aliphatic rings. The molecule has 13 heavy (non-hydrogen) atoms. The molecule has 0 fully saturated rings. The van der Waals surface area contributed by atoms with E-state index in [1.54, 1.807) is 6.20 Å². The Morgan fingerprint density at radius 1 is 1.46 bits per heavy atom. The lowest BCUT2D eigenvalue weighted by Gasteiger charge is -2.03. The molecule has 0 aliphatic heterocycles. The summed E-state index contributed by atoms with van der Waals surface area (Å²) < 4.78 is 14.4. The lowest BCUT2D eigenvalue weighted by molar-refractivity contribution is 0.635. The Kier molecular flexibility index (Phi) is 2.19. The zero-order valence-corrected chi connectivity index (χ0v) is 9.17. The van der Waals surface area contributed by atoms with Gasteiger partial charge in [0, 0.05) is 15.2 Å². The quantitative estimate of drug-likeness (QED) is 0.678. The van der Waals surface area contributed by atoms with E-state index in [0.717, 1.165) is 14.5 Å². The van der Waals surface area contributed by atoms with Gasteiger partial charge in [-0.25, -0.2) is 4.39 Å². The van der Waals surface area contributed by atoms with Gasteiger partial charge in [0.05, 0.1) is 0 Å². The van der Waals surface area contributed by atoms with Crippen LogP contribution in [0.15, 0.2) is 24.4 Å². The van der Waals surface area contributed by atoms with Gasteiger partial charge >= 0.3 is 0 Å². The molecule has 0 aliphatic carbocycles. The highest BCUT2D eigenvalue weighted by Crippen LogP contribution is 2.24. The van der Waals surface area contributed by atoms with Gasteiger partial charge in [-0.3, -0.25) is 4.98 Å². The fraction of sp³-hybridized carbons (Fsp3) is 0.100. The molecule has 1 nitrogen and oxygen atoms in total. The summed E-state index contributed by atoms with van der Waals surface area (Å²) in [5.41, 5.74) is 1.41. The van der Waals surface area contributed by atoms with Crippen LogP contribution in [0.5, 0.6) is 0 Å². The second kappa shape index (κ2) is 3.21. The summed E-state index contributed by atoms with van der Waals surface area (Å²) in [6.07, 6.45) is 1.61. The number of pyridine rings is 1. The first kappa shape index (κ1) is 8.87. The smallest absolute Gasteiger partial charge is 0.149 e. The third-order valence-electron chi connectivity index (χ3n) is 1.96. The first-order chi connectivity index (χ1) is 6.20. The maximum Gasteiger partial charge on any atom is 0.149 e. The molecule has 2 rings (SSSR count). The number of aromatic nitrogens is 1. The van der Waals surface area contributed by atoms with Gasteiger partial charge in [0.1, 0.15) is 11.3 Å². The van der Waals surface area contributed by atoms with Crippen molar-refractivity contribution in [2.45, 2.75) is 6.92 Å². The largest absolute Gasteiger partial charge is 0.253 e. The normalized spacial score (nSPS) is 10.7. The number of hydrogen-bond acceptors (Lipinski definition) is 1. The van der Waals surface area contributed by atoms with Crippen LogP contribution in [0.3, 0.4) is 0 Å². The standard InChI is InChI=1S/C10H7FIN/c1-6-5-8(11)10-7(9(6)12)3-2-4-13-10/h2-5H,1H3. The molecule has 0 atom stereocenters. The van der Waals surface area contributed by atoms with Gasteiger partial charge in [-0.15, -0.1) is 0 Å². The molecule has 66 valence electrons. The molecule has 0 amide bonds. The molecule has 0 saturated heterocycles. The second-order valence-electron chi connectivity index (χ2n) is 2.89. The Labute approximate surface area is 89.1 Å². The van der Waals surface area contributed by atoms with Gasteiger partial charge in [0.25, 0.3) is 0 Å². The van der Waals surface area contributed by atoms with E-state index in [2.05, 4.69) is 27.6 Å². The van der Waals surface area contributed by atoms with E-state index in [1.807, 2.05) is 19.1 Å². The third-order valence-corrected chi connectivity index (χ3v) is 3.39. The Balaban J connectivity index is 2.97. The maximum absolute atomic E-state index is 13.4. The molecular formula is C10H7FIN. The van der Waals surface area contributed by atoms with Crippen molar-refractivity contribution >= 4 is 33.5 Å². The van der Waals surface area contributed by atoms with E-state index >= 15 is 0 Å². The van der Waals surface area contributed by atoms with Crippen molar-refractivity contribution in [2.24, 2.45) is 0 Å². The summed E-state index contributed by atoms with van der Waals surface area (Å²) in [7, 11) is 0. The summed E-state index contributed by atoms with van der Waals surface area (Å²) in [6, 6.07) is 5.24. The highest BCUT2D eigenvalue weighted by atomic mass is 127. The molecule has 0 saturated carbocycles. The molecule has 1 heterocycles.